The third kappa shape index (κ3) is 5.08. The van der Waals surface area contributed by atoms with Crippen LogP contribution in [0.2, 0.25) is 0 Å². The Balaban J connectivity index is 1.38. The molecule has 148 valence electrons. The number of rotatable bonds is 5. The van der Waals surface area contributed by atoms with Gasteiger partial charge >= 0.3 is 6.03 Å². The van der Waals surface area contributed by atoms with Crippen LogP contribution < -0.4 is 10.2 Å². The highest BCUT2D eigenvalue weighted by Gasteiger charge is 2.26. The van der Waals surface area contributed by atoms with Crippen molar-refractivity contribution in [2.75, 3.05) is 44.2 Å². The molecule has 1 unspecified atom stereocenters. The quantitative estimate of drug-likeness (QED) is 0.844. The van der Waals surface area contributed by atoms with Crippen LogP contribution in [0.4, 0.5) is 10.7 Å². The zero-order valence-corrected chi connectivity index (χ0v) is 16.1. The Morgan fingerprint density at radius 2 is 1.85 bits per heavy atom. The molecule has 3 rings (SSSR count). The van der Waals surface area contributed by atoms with Gasteiger partial charge in [-0.2, -0.15) is 0 Å². The van der Waals surface area contributed by atoms with E-state index in [1.165, 1.54) is 6.42 Å². The molecule has 2 fully saturated rings. The van der Waals surface area contributed by atoms with Gasteiger partial charge in [-0.25, -0.2) is 14.8 Å². The normalized spacial score (nSPS) is 20.5. The molecule has 1 aromatic rings. The van der Waals surface area contributed by atoms with E-state index in [1.54, 1.807) is 18.5 Å². The highest BCUT2D eigenvalue weighted by Crippen LogP contribution is 2.19. The molecule has 0 aromatic carbocycles. The number of piperazine rings is 1. The lowest BCUT2D eigenvalue weighted by molar-refractivity contribution is -0.131. The minimum absolute atomic E-state index is 0.0274. The Kier molecular flexibility index (Phi) is 6.84. The largest absolute Gasteiger partial charge is 0.339 e. The second-order valence-corrected chi connectivity index (χ2v) is 7.15. The van der Waals surface area contributed by atoms with E-state index >= 15 is 0 Å². The molecule has 27 heavy (non-hydrogen) atoms. The van der Waals surface area contributed by atoms with Gasteiger partial charge in [-0.15, -0.1) is 0 Å². The van der Waals surface area contributed by atoms with E-state index in [1.807, 2.05) is 9.80 Å². The maximum absolute atomic E-state index is 12.4. The molecule has 0 saturated carbocycles. The molecule has 1 aromatic heterocycles. The molecular weight excluding hydrogens is 344 g/mol. The van der Waals surface area contributed by atoms with E-state index in [2.05, 4.69) is 27.1 Å². The average molecular weight is 374 g/mol. The van der Waals surface area contributed by atoms with Crippen LogP contribution in [0.5, 0.6) is 0 Å². The predicted octanol–water partition coefficient (Wildman–Crippen LogP) is 1.49. The van der Waals surface area contributed by atoms with Gasteiger partial charge in [0.05, 0.1) is 0 Å². The highest BCUT2D eigenvalue weighted by molar-refractivity contribution is 5.78. The smallest absolute Gasteiger partial charge is 0.317 e. The van der Waals surface area contributed by atoms with Gasteiger partial charge in [0, 0.05) is 64.1 Å². The Morgan fingerprint density at radius 3 is 2.56 bits per heavy atom. The standard InChI is InChI=1S/C19H30N6O2/c1-2-16-6-3-4-11-25(16)19(27)22-10-7-17(26)23-12-14-24(15-13-23)18-20-8-5-9-21-18/h5,8-9,16H,2-4,6-7,10-15H2,1H3,(H,22,27). The lowest BCUT2D eigenvalue weighted by Crippen LogP contribution is -2.51. The van der Waals surface area contributed by atoms with Crippen molar-refractivity contribution in [1.29, 1.82) is 0 Å². The van der Waals surface area contributed by atoms with Crippen LogP contribution in [-0.4, -0.2) is 77.0 Å². The number of carbonyl (C=O) groups excluding carboxylic acids is 2. The van der Waals surface area contributed by atoms with Crippen molar-refractivity contribution < 1.29 is 9.59 Å². The number of nitrogens with one attached hydrogen (secondary N) is 1. The summed E-state index contributed by atoms with van der Waals surface area (Å²) in [7, 11) is 0. The number of nitrogens with zero attached hydrogens (tertiary/aromatic N) is 5. The van der Waals surface area contributed by atoms with Crippen LogP contribution in [0, 0.1) is 0 Å². The Morgan fingerprint density at radius 1 is 1.11 bits per heavy atom. The Hall–Kier alpha value is -2.38. The van der Waals surface area contributed by atoms with Gasteiger partial charge in [0.25, 0.3) is 0 Å². The first kappa shape index (κ1) is 19.4. The van der Waals surface area contributed by atoms with Crippen LogP contribution in [0.25, 0.3) is 0 Å². The average Bonchev–Trinajstić information content (AvgIpc) is 2.74. The van der Waals surface area contributed by atoms with Gasteiger partial charge in [0.2, 0.25) is 11.9 Å². The highest BCUT2D eigenvalue weighted by atomic mass is 16.2. The molecule has 8 nitrogen and oxygen atoms in total. The van der Waals surface area contributed by atoms with Crippen LogP contribution in [-0.2, 0) is 4.79 Å². The molecule has 3 amide bonds. The zero-order chi connectivity index (χ0) is 19.1. The van der Waals surface area contributed by atoms with E-state index < -0.39 is 0 Å². The third-order valence-electron chi connectivity index (χ3n) is 5.44. The minimum Gasteiger partial charge on any atom is -0.339 e. The van der Waals surface area contributed by atoms with Crippen molar-refractivity contribution in [3.8, 4) is 0 Å². The summed E-state index contributed by atoms with van der Waals surface area (Å²) in [6.07, 6.45) is 8.14. The van der Waals surface area contributed by atoms with Crippen molar-refractivity contribution in [3.63, 3.8) is 0 Å². The van der Waals surface area contributed by atoms with E-state index in [0.29, 0.717) is 38.0 Å². The van der Waals surface area contributed by atoms with Crippen molar-refractivity contribution >= 4 is 17.9 Å². The number of piperidine rings is 1. The molecule has 2 saturated heterocycles. The maximum Gasteiger partial charge on any atom is 0.317 e. The molecule has 2 aliphatic heterocycles. The number of likely N-dealkylation sites (tertiary alicyclic amines) is 1. The second kappa shape index (κ2) is 9.53. The topological polar surface area (TPSA) is 81.7 Å². The summed E-state index contributed by atoms with van der Waals surface area (Å²) in [5.74, 6) is 0.804. The molecule has 8 heteroatoms. The van der Waals surface area contributed by atoms with E-state index in [0.717, 1.165) is 38.9 Å². The molecule has 0 radical (unpaired) electrons. The third-order valence-corrected chi connectivity index (χ3v) is 5.44. The predicted molar refractivity (Wildman–Crippen MR) is 103 cm³/mol. The number of amides is 3. The van der Waals surface area contributed by atoms with Gasteiger partial charge in [-0.3, -0.25) is 4.79 Å². The fourth-order valence-electron chi connectivity index (χ4n) is 3.84. The van der Waals surface area contributed by atoms with Crippen LogP contribution in [0.15, 0.2) is 18.5 Å². The first-order valence-corrected chi connectivity index (χ1v) is 10.0. The fraction of sp³-hybridized carbons (Fsp3) is 0.684. The number of hydrogen-bond donors (Lipinski definition) is 1. The SMILES string of the molecule is CCC1CCCCN1C(=O)NCCC(=O)N1CCN(c2ncccn2)CC1. The van der Waals surface area contributed by atoms with Gasteiger partial charge in [-0.1, -0.05) is 6.92 Å². The molecule has 0 aliphatic carbocycles. The lowest BCUT2D eigenvalue weighted by Gasteiger charge is -2.36. The van der Waals surface area contributed by atoms with Crippen molar-refractivity contribution in [2.24, 2.45) is 0 Å². The van der Waals surface area contributed by atoms with E-state index in [4.69, 9.17) is 0 Å². The molecule has 1 N–H and O–H groups in total. The van der Waals surface area contributed by atoms with Crippen molar-refractivity contribution in [3.05, 3.63) is 18.5 Å². The fourth-order valence-corrected chi connectivity index (χ4v) is 3.84. The van der Waals surface area contributed by atoms with Gasteiger partial charge in [0.15, 0.2) is 0 Å². The van der Waals surface area contributed by atoms with Gasteiger partial charge in [0.1, 0.15) is 0 Å². The van der Waals surface area contributed by atoms with Gasteiger partial charge in [-0.05, 0) is 31.7 Å². The summed E-state index contributed by atoms with van der Waals surface area (Å²) in [5, 5.41) is 2.93. The minimum atomic E-state index is -0.0274. The molecule has 0 bridgehead atoms. The Labute approximate surface area is 160 Å². The van der Waals surface area contributed by atoms with Crippen LogP contribution in [0.1, 0.15) is 39.0 Å². The number of carbonyl (C=O) groups is 2. The first-order chi connectivity index (χ1) is 13.2. The summed E-state index contributed by atoms with van der Waals surface area (Å²) >= 11 is 0. The Bertz CT molecular complexity index is 618. The molecule has 0 spiro atoms. The monoisotopic (exact) mass is 374 g/mol. The van der Waals surface area contributed by atoms with E-state index in [-0.39, 0.29) is 11.9 Å². The first-order valence-electron chi connectivity index (χ1n) is 10.0. The zero-order valence-electron chi connectivity index (χ0n) is 16.1. The molecule has 2 aliphatic rings. The number of aromatic nitrogens is 2. The van der Waals surface area contributed by atoms with Gasteiger partial charge < -0.3 is 20.0 Å². The number of hydrogen-bond acceptors (Lipinski definition) is 5. The number of anilines is 1. The molecule has 3 heterocycles. The molecule has 1 atom stereocenters. The number of urea groups is 1. The summed E-state index contributed by atoms with van der Waals surface area (Å²) in [6, 6.07) is 2.10. The lowest BCUT2D eigenvalue weighted by atomic mass is 10.0. The van der Waals surface area contributed by atoms with Crippen LogP contribution >= 0.6 is 0 Å². The summed E-state index contributed by atoms with van der Waals surface area (Å²) in [6.45, 7) is 6.13. The van der Waals surface area contributed by atoms with Crippen LogP contribution in [0.3, 0.4) is 0 Å². The van der Waals surface area contributed by atoms with Crippen molar-refractivity contribution in [2.45, 2.75) is 45.1 Å². The van der Waals surface area contributed by atoms with Crippen molar-refractivity contribution in [1.82, 2.24) is 25.1 Å². The summed E-state index contributed by atoms with van der Waals surface area (Å²) in [5.41, 5.74) is 0. The summed E-state index contributed by atoms with van der Waals surface area (Å²) < 4.78 is 0. The summed E-state index contributed by atoms with van der Waals surface area (Å²) in [4.78, 5) is 39.2. The maximum atomic E-state index is 12.4. The molecular formula is C19H30N6O2. The van der Waals surface area contributed by atoms with E-state index in [9.17, 15) is 9.59 Å². The second-order valence-electron chi connectivity index (χ2n) is 7.15.